The van der Waals surface area contributed by atoms with Gasteiger partial charge in [0.05, 0.1) is 17.7 Å². The van der Waals surface area contributed by atoms with Gasteiger partial charge < -0.3 is 15.7 Å². The Morgan fingerprint density at radius 1 is 1.38 bits per heavy atom. The second-order valence-electron chi connectivity index (χ2n) is 4.66. The number of hydrogen-bond donors (Lipinski definition) is 3. The highest BCUT2D eigenvalue weighted by molar-refractivity contribution is 7.11. The van der Waals surface area contributed by atoms with Gasteiger partial charge in [-0.05, 0) is 12.5 Å². The predicted octanol–water partition coefficient (Wildman–Crippen LogP) is 2.03. The average Bonchev–Trinajstić information content (AvgIpc) is 2.91. The molecule has 0 aliphatic rings. The van der Waals surface area contributed by atoms with Crippen molar-refractivity contribution in [2.24, 2.45) is 0 Å². The van der Waals surface area contributed by atoms with Gasteiger partial charge in [-0.1, -0.05) is 30.3 Å². The zero-order valence-corrected chi connectivity index (χ0v) is 12.7. The second-order valence-corrected chi connectivity index (χ2v) is 5.98. The average molecular weight is 305 g/mol. The predicted molar refractivity (Wildman–Crippen MR) is 83.4 cm³/mol. The van der Waals surface area contributed by atoms with Crippen LogP contribution in [0, 0.1) is 6.92 Å². The van der Waals surface area contributed by atoms with Crippen LogP contribution < -0.4 is 10.6 Å². The molecule has 1 atom stereocenters. The Morgan fingerprint density at radius 3 is 2.76 bits per heavy atom. The third kappa shape index (κ3) is 4.84. The summed E-state index contributed by atoms with van der Waals surface area (Å²) in [5.41, 5.74) is 0.880. The van der Waals surface area contributed by atoms with Crippen LogP contribution in [0.4, 0.5) is 4.79 Å². The molecule has 112 valence electrons. The Hall–Kier alpha value is -1.92. The summed E-state index contributed by atoms with van der Waals surface area (Å²) >= 11 is 1.63. The monoisotopic (exact) mass is 305 g/mol. The maximum Gasteiger partial charge on any atom is 0.315 e. The van der Waals surface area contributed by atoms with Gasteiger partial charge in [0.2, 0.25) is 0 Å². The second kappa shape index (κ2) is 7.75. The number of nitrogens with zero attached hydrogens (tertiary/aromatic N) is 1. The molecule has 5 nitrogen and oxygen atoms in total. The summed E-state index contributed by atoms with van der Waals surface area (Å²) in [5, 5.41) is 15.9. The first kappa shape index (κ1) is 15.5. The van der Waals surface area contributed by atoms with E-state index in [9.17, 15) is 9.90 Å². The maximum absolute atomic E-state index is 11.8. The zero-order chi connectivity index (χ0) is 15.1. The number of aliphatic hydroxyl groups excluding tert-OH is 1. The van der Waals surface area contributed by atoms with Crippen LogP contribution in [0.1, 0.15) is 21.5 Å². The molecule has 0 fully saturated rings. The van der Waals surface area contributed by atoms with Crippen molar-refractivity contribution in [1.29, 1.82) is 0 Å². The lowest BCUT2D eigenvalue weighted by Crippen LogP contribution is -2.40. The highest BCUT2D eigenvalue weighted by Crippen LogP contribution is 2.12. The minimum Gasteiger partial charge on any atom is -0.394 e. The number of aliphatic hydroxyl groups is 1. The zero-order valence-electron chi connectivity index (χ0n) is 11.9. The molecule has 0 radical (unpaired) electrons. The summed E-state index contributed by atoms with van der Waals surface area (Å²) in [5.74, 6) is 0. The Morgan fingerprint density at radius 2 is 2.14 bits per heavy atom. The van der Waals surface area contributed by atoms with Crippen molar-refractivity contribution < 1.29 is 9.90 Å². The standard InChI is InChI=1S/C15H19N3O2S/c1-11-9-17-14(21-11)7-8-16-15(20)18-13(10-19)12-5-3-2-4-6-12/h2-6,9,13,19H,7-8,10H2,1H3,(H2,16,18,20)/t13-/m0/s1. The van der Waals surface area contributed by atoms with Crippen molar-refractivity contribution in [2.75, 3.05) is 13.2 Å². The molecule has 3 N–H and O–H groups in total. The lowest BCUT2D eigenvalue weighted by atomic mass is 10.1. The minimum absolute atomic E-state index is 0.136. The van der Waals surface area contributed by atoms with E-state index in [0.717, 1.165) is 10.6 Å². The number of nitrogens with one attached hydrogen (secondary N) is 2. The topological polar surface area (TPSA) is 74.2 Å². The molecular formula is C15H19N3O2S. The lowest BCUT2D eigenvalue weighted by Gasteiger charge is -2.17. The molecule has 0 aliphatic carbocycles. The molecule has 2 aromatic rings. The fraction of sp³-hybridized carbons (Fsp3) is 0.333. The van der Waals surface area contributed by atoms with Crippen molar-refractivity contribution in [1.82, 2.24) is 15.6 Å². The Balaban J connectivity index is 1.78. The smallest absolute Gasteiger partial charge is 0.315 e. The van der Waals surface area contributed by atoms with Crippen LogP contribution in [0.25, 0.3) is 0 Å². The molecule has 1 aromatic carbocycles. The van der Waals surface area contributed by atoms with Gasteiger partial charge >= 0.3 is 6.03 Å². The third-order valence-electron chi connectivity index (χ3n) is 2.98. The fourth-order valence-electron chi connectivity index (χ4n) is 1.93. The largest absolute Gasteiger partial charge is 0.394 e. The summed E-state index contributed by atoms with van der Waals surface area (Å²) in [6.45, 7) is 2.39. The minimum atomic E-state index is -0.395. The number of aromatic nitrogens is 1. The van der Waals surface area contributed by atoms with E-state index in [4.69, 9.17) is 0 Å². The van der Waals surface area contributed by atoms with Crippen LogP contribution in [0.15, 0.2) is 36.5 Å². The molecule has 2 amide bonds. The summed E-state index contributed by atoms with van der Waals surface area (Å²) in [4.78, 5) is 17.2. The van der Waals surface area contributed by atoms with E-state index in [-0.39, 0.29) is 12.6 Å². The Kier molecular flexibility index (Phi) is 5.71. The van der Waals surface area contributed by atoms with E-state index in [2.05, 4.69) is 15.6 Å². The number of hydrogen-bond acceptors (Lipinski definition) is 4. The van der Waals surface area contributed by atoms with Gasteiger partial charge in [-0.25, -0.2) is 9.78 Å². The van der Waals surface area contributed by atoms with Gasteiger partial charge in [-0.15, -0.1) is 11.3 Å². The Labute approximate surface area is 128 Å². The van der Waals surface area contributed by atoms with Gasteiger partial charge in [0, 0.05) is 24.0 Å². The van der Waals surface area contributed by atoms with Crippen molar-refractivity contribution in [3.8, 4) is 0 Å². The van der Waals surface area contributed by atoms with Gasteiger partial charge in [0.1, 0.15) is 0 Å². The van der Waals surface area contributed by atoms with E-state index in [1.807, 2.05) is 43.5 Å². The van der Waals surface area contributed by atoms with Crippen molar-refractivity contribution in [3.63, 3.8) is 0 Å². The molecule has 0 spiro atoms. The van der Waals surface area contributed by atoms with Crippen LogP contribution >= 0.6 is 11.3 Å². The first-order valence-corrected chi connectivity index (χ1v) is 7.62. The summed E-state index contributed by atoms with van der Waals surface area (Å²) in [7, 11) is 0. The van der Waals surface area contributed by atoms with E-state index >= 15 is 0 Å². The molecule has 2 rings (SSSR count). The van der Waals surface area contributed by atoms with Crippen molar-refractivity contribution >= 4 is 17.4 Å². The molecule has 0 unspecified atom stereocenters. The molecule has 1 heterocycles. The van der Waals surface area contributed by atoms with Crippen LogP contribution in [-0.4, -0.2) is 29.3 Å². The van der Waals surface area contributed by atoms with Crippen molar-refractivity contribution in [2.45, 2.75) is 19.4 Å². The highest BCUT2D eigenvalue weighted by Gasteiger charge is 2.12. The molecular weight excluding hydrogens is 286 g/mol. The number of carbonyl (C=O) groups excluding carboxylic acids is 1. The molecule has 21 heavy (non-hydrogen) atoms. The molecule has 1 aromatic heterocycles. The van der Waals surface area contributed by atoms with Crippen LogP contribution in [0.2, 0.25) is 0 Å². The van der Waals surface area contributed by atoms with Gasteiger partial charge in [-0.3, -0.25) is 0 Å². The molecule has 6 heteroatoms. The van der Waals surface area contributed by atoms with Gasteiger partial charge in [0.25, 0.3) is 0 Å². The first-order chi connectivity index (χ1) is 10.2. The lowest BCUT2D eigenvalue weighted by molar-refractivity contribution is 0.217. The number of rotatable bonds is 6. The van der Waals surface area contributed by atoms with Gasteiger partial charge in [0.15, 0.2) is 0 Å². The van der Waals surface area contributed by atoms with E-state index in [0.29, 0.717) is 13.0 Å². The SMILES string of the molecule is Cc1cnc(CCNC(=O)N[C@@H](CO)c2ccccc2)s1. The van der Waals surface area contributed by atoms with E-state index < -0.39 is 6.04 Å². The molecule has 0 bridgehead atoms. The van der Waals surface area contributed by atoms with Gasteiger partial charge in [-0.2, -0.15) is 0 Å². The molecule has 0 saturated carbocycles. The number of benzene rings is 1. The number of carbonyl (C=O) groups is 1. The summed E-state index contributed by atoms with van der Waals surface area (Å²) in [6.07, 6.45) is 2.54. The van der Waals surface area contributed by atoms with Crippen molar-refractivity contribution in [3.05, 3.63) is 52.0 Å². The normalized spacial score (nSPS) is 11.9. The number of urea groups is 1. The third-order valence-corrected chi connectivity index (χ3v) is 3.96. The molecule has 0 saturated heterocycles. The first-order valence-electron chi connectivity index (χ1n) is 6.80. The van der Waals surface area contributed by atoms with Crippen LogP contribution in [0.5, 0.6) is 0 Å². The van der Waals surface area contributed by atoms with E-state index in [1.165, 1.54) is 4.88 Å². The maximum atomic E-state index is 11.8. The summed E-state index contributed by atoms with van der Waals surface area (Å²) < 4.78 is 0. The number of thiazole rings is 1. The fourth-order valence-corrected chi connectivity index (χ4v) is 2.72. The highest BCUT2D eigenvalue weighted by atomic mass is 32.1. The number of aryl methyl sites for hydroxylation is 1. The van der Waals surface area contributed by atoms with Crippen LogP contribution in [0.3, 0.4) is 0 Å². The number of amides is 2. The summed E-state index contributed by atoms with van der Waals surface area (Å²) in [6, 6.07) is 8.72. The van der Waals surface area contributed by atoms with Crippen LogP contribution in [-0.2, 0) is 6.42 Å². The van der Waals surface area contributed by atoms with E-state index in [1.54, 1.807) is 11.3 Å². The molecule has 0 aliphatic heterocycles. The Bertz CT molecular complexity index is 571. The quantitative estimate of drug-likeness (QED) is 0.764.